The van der Waals surface area contributed by atoms with Crippen LogP contribution in [0.5, 0.6) is 5.75 Å². The summed E-state index contributed by atoms with van der Waals surface area (Å²) in [4.78, 5) is 0.783. The van der Waals surface area contributed by atoms with Crippen molar-refractivity contribution in [3.63, 3.8) is 0 Å². The van der Waals surface area contributed by atoms with Gasteiger partial charge in [-0.25, -0.2) is 0 Å². The van der Waals surface area contributed by atoms with E-state index in [4.69, 9.17) is 4.74 Å². The van der Waals surface area contributed by atoms with E-state index in [1.165, 1.54) is 11.8 Å². The number of aliphatic hydroxyl groups excluding tert-OH is 1. The fourth-order valence-electron chi connectivity index (χ4n) is 1.12. The van der Waals surface area contributed by atoms with Crippen LogP contribution >= 0.6 is 11.8 Å². The first-order valence-electron chi connectivity index (χ1n) is 5.30. The van der Waals surface area contributed by atoms with Gasteiger partial charge in [-0.3, -0.25) is 0 Å². The van der Waals surface area contributed by atoms with Crippen LogP contribution in [0.25, 0.3) is 0 Å². The Labute approximate surface area is 100 Å². The minimum Gasteiger partial charge on any atom is -0.507 e. The molecule has 0 saturated heterocycles. The Bertz CT molecular complexity index is 315. The molecule has 1 atom stereocenters. The van der Waals surface area contributed by atoms with E-state index >= 15 is 0 Å². The molecule has 0 fully saturated rings. The van der Waals surface area contributed by atoms with E-state index in [9.17, 15) is 10.2 Å². The van der Waals surface area contributed by atoms with Crippen LogP contribution in [0.2, 0.25) is 0 Å². The van der Waals surface area contributed by atoms with Gasteiger partial charge in [0.1, 0.15) is 5.75 Å². The van der Waals surface area contributed by atoms with Crippen LogP contribution in [-0.2, 0) is 4.74 Å². The van der Waals surface area contributed by atoms with Crippen molar-refractivity contribution in [2.24, 2.45) is 0 Å². The third-order valence-corrected chi connectivity index (χ3v) is 3.13. The van der Waals surface area contributed by atoms with Gasteiger partial charge < -0.3 is 14.9 Å². The molecule has 0 aliphatic rings. The molecule has 2 N–H and O–H groups in total. The van der Waals surface area contributed by atoms with Crippen LogP contribution < -0.4 is 0 Å². The van der Waals surface area contributed by atoms with E-state index in [-0.39, 0.29) is 11.9 Å². The highest BCUT2D eigenvalue weighted by Crippen LogP contribution is 2.27. The molecule has 0 spiro atoms. The van der Waals surface area contributed by atoms with Gasteiger partial charge in [-0.2, -0.15) is 0 Å². The van der Waals surface area contributed by atoms with Gasteiger partial charge in [0.25, 0.3) is 0 Å². The lowest BCUT2D eigenvalue weighted by Crippen LogP contribution is -2.20. The molecule has 0 heterocycles. The second kappa shape index (κ2) is 6.78. The maximum atomic E-state index is 9.62. The number of ether oxygens (including phenoxy) is 1. The lowest BCUT2D eigenvalue weighted by atomic mass is 10.3. The van der Waals surface area contributed by atoms with E-state index in [0.29, 0.717) is 12.4 Å². The molecular weight excluding hydrogens is 224 g/mol. The highest BCUT2D eigenvalue weighted by molar-refractivity contribution is 7.99. The monoisotopic (exact) mass is 242 g/mol. The van der Waals surface area contributed by atoms with Crippen LogP contribution in [0.15, 0.2) is 29.2 Å². The number of hydrogen-bond donors (Lipinski definition) is 2. The molecule has 1 aromatic carbocycles. The highest BCUT2D eigenvalue weighted by atomic mass is 32.2. The van der Waals surface area contributed by atoms with E-state index in [1.54, 1.807) is 12.1 Å². The number of phenols is 1. The van der Waals surface area contributed by atoms with Gasteiger partial charge in [0.05, 0.1) is 18.8 Å². The highest BCUT2D eigenvalue weighted by Gasteiger charge is 2.08. The Balaban J connectivity index is 2.31. The summed E-state index contributed by atoms with van der Waals surface area (Å²) in [7, 11) is 0. The molecule has 0 bridgehead atoms. The summed E-state index contributed by atoms with van der Waals surface area (Å²) >= 11 is 1.43. The Kier molecular flexibility index (Phi) is 5.66. The number of phenolic OH excluding ortho intramolecular Hbond substituents is 1. The first kappa shape index (κ1) is 13.4. The summed E-state index contributed by atoms with van der Waals surface area (Å²) in [5.74, 6) is 0.772. The number of para-hydroxylation sites is 1. The van der Waals surface area contributed by atoms with Crippen molar-refractivity contribution < 1.29 is 14.9 Å². The fourth-order valence-corrected chi connectivity index (χ4v) is 1.98. The van der Waals surface area contributed by atoms with E-state index in [2.05, 4.69) is 0 Å². The van der Waals surface area contributed by atoms with E-state index in [1.807, 2.05) is 26.0 Å². The van der Waals surface area contributed by atoms with Gasteiger partial charge in [-0.1, -0.05) is 12.1 Å². The molecule has 1 aromatic rings. The zero-order valence-electron chi connectivity index (χ0n) is 9.59. The second-order valence-electron chi connectivity index (χ2n) is 3.81. The SMILES string of the molecule is CC(C)OCC(O)CSc1ccccc1O. The smallest absolute Gasteiger partial charge is 0.129 e. The second-order valence-corrected chi connectivity index (χ2v) is 4.88. The predicted octanol–water partition coefficient (Wildman–Crippen LogP) is 2.27. The molecule has 4 heteroatoms. The molecule has 16 heavy (non-hydrogen) atoms. The van der Waals surface area contributed by atoms with Crippen LogP contribution in [0.3, 0.4) is 0 Å². The van der Waals surface area contributed by atoms with Crippen molar-refractivity contribution in [2.75, 3.05) is 12.4 Å². The lowest BCUT2D eigenvalue weighted by molar-refractivity contribution is 0.0152. The maximum absolute atomic E-state index is 9.62. The van der Waals surface area contributed by atoms with Crippen LogP contribution in [-0.4, -0.2) is 34.8 Å². The number of aromatic hydroxyl groups is 1. The number of rotatable bonds is 6. The molecule has 3 nitrogen and oxygen atoms in total. The van der Waals surface area contributed by atoms with Gasteiger partial charge in [-0.15, -0.1) is 11.8 Å². The minimum atomic E-state index is -0.507. The van der Waals surface area contributed by atoms with Crippen LogP contribution in [0.1, 0.15) is 13.8 Å². The van der Waals surface area contributed by atoms with Gasteiger partial charge in [0.15, 0.2) is 0 Å². The van der Waals surface area contributed by atoms with E-state index in [0.717, 1.165) is 4.90 Å². The lowest BCUT2D eigenvalue weighted by Gasteiger charge is -2.13. The number of aliphatic hydroxyl groups is 1. The maximum Gasteiger partial charge on any atom is 0.129 e. The van der Waals surface area contributed by atoms with Crippen molar-refractivity contribution in [2.45, 2.75) is 31.0 Å². The molecule has 0 saturated carbocycles. The zero-order chi connectivity index (χ0) is 12.0. The Morgan fingerprint density at radius 2 is 2.00 bits per heavy atom. The minimum absolute atomic E-state index is 0.129. The molecule has 1 unspecified atom stereocenters. The molecule has 1 rings (SSSR count). The molecule has 0 aliphatic heterocycles. The summed E-state index contributed by atoms with van der Waals surface area (Å²) in [6, 6.07) is 7.10. The summed E-state index contributed by atoms with van der Waals surface area (Å²) in [6.45, 7) is 4.20. The third-order valence-electron chi connectivity index (χ3n) is 1.92. The van der Waals surface area contributed by atoms with Crippen molar-refractivity contribution in [1.29, 1.82) is 0 Å². The topological polar surface area (TPSA) is 49.7 Å². The average Bonchev–Trinajstić information content (AvgIpc) is 2.25. The van der Waals surface area contributed by atoms with Crippen molar-refractivity contribution >= 4 is 11.8 Å². The third kappa shape index (κ3) is 4.88. The van der Waals surface area contributed by atoms with E-state index < -0.39 is 6.10 Å². The molecular formula is C12H18O3S. The van der Waals surface area contributed by atoms with Crippen LogP contribution in [0, 0.1) is 0 Å². The zero-order valence-corrected chi connectivity index (χ0v) is 10.4. The van der Waals surface area contributed by atoms with Gasteiger partial charge in [0, 0.05) is 10.6 Å². The fraction of sp³-hybridized carbons (Fsp3) is 0.500. The van der Waals surface area contributed by atoms with Crippen molar-refractivity contribution in [1.82, 2.24) is 0 Å². The molecule has 0 amide bonds. The Morgan fingerprint density at radius 1 is 1.31 bits per heavy atom. The summed E-state index contributed by atoms with van der Waals surface area (Å²) in [5.41, 5.74) is 0. The van der Waals surface area contributed by atoms with Crippen molar-refractivity contribution in [3.05, 3.63) is 24.3 Å². The average molecular weight is 242 g/mol. The van der Waals surface area contributed by atoms with Gasteiger partial charge >= 0.3 is 0 Å². The standard InChI is InChI=1S/C12H18O3S/c1-9(2)15-7-10(13)8-16-12-6-4-3-5-11(12)14/h3-6,9-10,13-14H,7-8H2,1-2H3. The normalized spacial score (nSPS) is 13.0. The Hall–Kier alpha value is -0.710. The largest absolute Gasteiger partial charge is 0.507 e. The van der Waals surface area contributed by atoms with Crippen LogP contribution in [0.4, 0.5) is 0 Å². The predicted molar refractivity (Wildman–Crippen MR) is 65.9 cm³/mol. The summed E-state index contributed by atoms with van der Waals surface area (Å²) in [6.07, 6.45) is -0.378. The van der Waals surface area contributed by atoms with Gasteiger partial charge in [0.2, 0.25) is 0 Å². The Morgan fingerprint density at radius 3 is 2.62 bits per heavy atom. The first-order valence-corrected chi connectivity index (χ1v) is 6.28. The number of benzene rings is 1. The molecule has 0 aromatic heterocycles. The first-order chi connectivity index (χ1) is 7.59. The van der Waals surface area contributed by atoms with Gasteiger partial charge in [-0.05, 0) is 26.0 Å². The molecule has 0 aliphatic carbocycles. The summed E-state index contributed by atoms with van der Waals surface area (Å²) in [5, 5.41) is 19.1. The quantitative estimate of drug-likeness (QED) is 0.751. The summed E-state index contributed by atoms with van der Waals surface area (Å²) < 4.78 is 5.30. The van der Waals surface area contributed by atoms with Crippen molar-refractivity contribution in [3.8, 4) is 5.75 Å². The number of thioether (sulfide) groups is 1. The molecule has 0 radical (unpaired) electrons. The number of hydrogen-bond acceptors (Lipinski definition) is 4. The molecule has 90 valence electrons.